The average Bonchev–Trinajstić information content (AvgIpc) is 2.39. The average molecular weight is 261 g/mol. The molecule has 0 saturated carbocycles. The molecule has 0 aliphatic carbocycles. The van der Waals surface area contributed by atoms with Crippen molar-refractivity contribution in [3.8, 4) is 5.75 Å². The lowest BCUT2D eigenvalue weighted by molar-refractivity contribution is 0.177. The Morgan fingerprint density at radius 1 is 1.37 bits per heavy atom. The zero-order valence-corrected chi connectivity index (χ0v) is 10.9. The fourth-order valence-corrected chi connectivity index (χ4v) is 2.00. The Kier molecular flexibility index (Phi) is 4.12. The molecule has 1 heterocycles. The lowest BCUT2D eigenvalue weighted by Gasteiger charge is -2.13. The molecule has 0 spiro atoms. The summed E-state index contributed by atoms with van der Waals surface area (Å²) in [4.78, 5) is 4.00. The van der Waals surface area contributed by atoms with Gasteiger partial charge in [0.25, 0.3) is 0 Å². The number of pyridine rings is 1. The highest BCUT2D eigenvalue weighted by Crippen LogP contribution is 2.23. The maximum absolute atomic E-state index is 13.6. The molecular formula is C15H16FNO2. The van der Waals surface area contributed by atoms with Gasteiger partial charge in [0.15, 0.2) is 11.6 Å². The molecule has 1 atom stereocenters. The molecule has 0 aliphatic heterocycles. The van der Waals surface area contributed by atoms with Crippen molar-refractivity contribution in [1.82, 2.24) is 4.98 Å². The molecule has 1 aromatic carbocycles. The van der Waals surface area contributed by atoms with Gasteiger partial charge in [-0.15, -0.1) is 0 Å². The highest BCUT2D eigenvalue weighted by molar-refractivity contribution is 5.31. The fraction of sp³-hybridized carbons (Fsp3) is 0.267. The van der Waals surface area contributed by atoms with Crippen LogP contribution in [0.3, 0.4) is 0 Å². The summed E-state index contributed by atoms with van der Waals surface area (Å²) >= 11 is 0. The van der Waals surface area contributed by atoms with Crippen molar-refractivity contribution >= 4 is 0 Å². The molecule has 0 saturated heterocycles. The molecular weight excluding hydrogens is 245 g/mol. The summed E-state index contributed by atoms with van der Waals surface area (Å²) in [5, 5.41) is 10.2. The molecule has 4 heteroatoms. The van der Waals surface area contributed by atoms with Crippen molar-refractivity contribution in [2.45, 2.75) is 19.4 Å². The monoisotopic (exact) mass is 261 g/mol. The number of methoxy groups -OCH3 is 1. The minimum atomic E-state index is -0.693. The van der Waals surface area contributed by atoms with Crippen LogP contribution in [0.1, 0.15) is 22.8 Å². The van der Waals surface area contributed by atoms with Gasteiger partial charge in [0.1, 0.15) is 0 Å². The van der Waals surface area contributed by atoms with Crippen molar-refractivity contribution in [2.24, 2.45) is 0 Å². The number of aromatic nitrogens is 1. The van der Waals surface area contributed by atoms with Crippen molar-refractivity contribution in [3.63, 3.8) is 0 Å². The van der Waals surface area contributed by atoms with Gasteiger partial charge in [0.05, 0.1) is 13.2 Å². The standard InChI is InChI=1S/C15H16FNO2/c1-10-5-6-17-9-12(10)14(18)8-11-3-4-15(19-2)13(16)7-11/h3-7,9,14,18H,8H2,1-2H3. The van der Waals surface area contributed by atoms with Gasteiger partial charge in [-0.25, -0.2) is 4.39 Å². The van der Waals surface area contributed by atoms with Gasteiger partial charge >= 0.3 is 0 Å². The van der Waals surface area contributed by atoms with Gasteiger partial charge in [-0.1, -0.05) is 6.07 Å². The van der Waals surface area contributed by atoms with Gasteiger partial charge < -0.3 is 9.84 Å². The molecule has 1 unspecified atom stereocenters. The Bertz CT molecular complexity index is 572. The largest absolute Gasteiger partial charge is 0.494 e. The molecule has 2 aromatic rings. The normalized spacial score (nSPS) is 12.2. The molecule has 19 heavy (non-hydrogen) atoms. The summed E-state index contributed by atoms with van der Waals surface area (Å²) in [7, 11) is 1.42. The van der Waals surface area contributed by atoms with Crippen LogP contribution in [-0.4, -0.2) is 17.2 Å². The Balaban J connectivity index is 2.17. The maximum atomic E-state index is 13.6. The summed E-state index contributed by atoms with van der Waals surface area (Å²) in [6, 6.07) is 6.53. The van der Waals surface area contributed by atoms with Crippen LogP contribution >= 0.6 is 0 Å². The van der Waals surface area contributed by atoms with Crippen LogP contribution in [0, 0.1) is 12.7 Å². The number of aliphatic hydroxyl groups is 1. The van der Waals surface area contributed by atoms with Crippen LogP contribution in [0.25, 0.3) is 0 Å². The first-order valence-corrected chi connectivity index (χ1v) is 6.03. The van der Waals surface area contributed by atoms with Crippen LogP contribution in [0.2, 0.25) is 0 Å². The highest BCUT2D eigenvalue weighted by atomic mass is 19.1. The van der Waals surface area contributed by atoms with E-state index in [0.717, 1.165) is 11.1 Å². The van der Waals surface area contributed by atoms with E-state index >= 15 is 0 Å². The number of hydrogen-bond acceptors (Lipinski definition) is 3. The second-order valence-corrected chi connectivity index (χ2v) is 4.42. The number of ether oxygens (including phenoxy) is 1. The number of aliphatic hydroxyl groups excluding tert-OH is 1. The molecule has 1 aromatic heterocycles. The number of hydrogen-bond donors (Lipinski definition) is 1. The Morgan fingerprint density at radius 2 is 2.16 bits per heavy atom. The van der Waals surface area contributed by atoms with E-state index in [2.05, 4.69) is 4.98 Å². The predicted octanol–water partition coefficient (Wildman–Crippen LogP) is 2.81. The van der Waals surface area contributed by atoms with E-state index in [1.807, 2.05) is 13.0 Å². The number of aryl methyl sites for hydroxylation is 1. The van der Waals surface area contributed by atoms with E-state index in [-0.39, 0.29) is 5.75 Å². The first-order chi connectivity index (χ1) is 9.11. The fourth-order valence-electron chi connectivity index (χ4n) is 2.00. The first kappa shape index (κ1) is 13.5. The molecule has 0 fully saturated rings. The minimum absolute atomic E-state index is 0.204. The van der Waals surface area contributed by atoms with Crippen LogP contribution in [0.15, 0.2) is 36.7 Å². The van der Waals surface area contributed by atoms with Gasteiger partial charge in [0.2, 0.25) is 0 Å². The predicted molar refractivity (Wildman–Crippen MR) is 70.6 cm³/mol. The molecule has 2 rings (SSSR count). The smallest absolute Gasteiger partial charge is 0.165 e. The van der Waals surface area contributed by atoms with Crippen LogP contribution in [0.5, 0.6) is 5.75 Å². The van der Waals surface area contributed by atoms with Gasteiger partial charge in [0, 0.05) is 24.4 Å². The lowest BCUT2D eigenvalue weighted by atomic mass is 9.99. The first-order valence-electron chi connectivity index (χ1n) is 6.03. The molecule has 0 bridgehead atoms. The molecule has 0 aliphatic rings. The summed E-state index contributed by atoms with van der Waals surface area (Å²) < 4.78 is 18.4. The number of rotatable bonds is 4. The number of nitrogens with zero attached hydrogens (tertiary/aromatic N) is 1. The summed E-state index contributed by atoms with van der Waals surface area (Å²) in [5.41, 5.74) is 2.45. The van der Waals surface area contributed by atoms with Crippen LogP contribution < -0.4 is 4.74 Å². The second kappa shape index (κ2) is 5.80. The van der Waals surface area contributed by atoms with Crippen molar-refractivity contribution in [3.05, 3.63) is 59.2 Å². The van der Waals surface area contributed by atoms with E-state index in [4.69, 9.17) is 4.74 Å². The van der Waals surface area contributed by atoms with Crippen LogP contribution in [-0.2, 0) is 6.42 Å². The zero-order valence-electron chi connectivity index (χ0n) is 10.9. The third-order valence-corrected chi connectivity index (χ3v) is 3.08. The summed E-state index contributed by atoms with van der Waals surface area (Å²) in [6.45, 7) is 1.91. The second-order valence-electron chi connectivity index (χ2n) is 4.42. The molecule has 100 valence electrons. The topological polar surface area (TPSA) is 42.4 Å². The molecule has 1 N–H and O–H groups in total. The van der Waals surface area contributed by atoms with Crippen molar-refractivity contribution < 1.29 is 14.2 Å². The SMILES string of the molecule is COc1ccc(CC(O)c2cnccc2C)cc1F. The van der Waals surface area contributed by atoms with Crippen LogP contribution in [0.4, 0.5) is 4.39 Å². The Morgan fingerprint density at radius 3 is 2.79 bits per heavy atom. The number of halogens is 1. The quantitative estimate of drug-likeness (QED) is 0.920. The summed E-state index contributed by atoms with van der Waals surface area (Å²) in [6.07, 6.45) is 2.97. The highest BCUT2D eigenvalue weighted by Gasteiger charge is 2.12. The maximum Gasteiger partial charge on any atom is 0.165 e. The van der Waals surface area contributed by atoms with Gasteiger partial charge in [-0.3, -0.25) is 4.98 Å². The Labute approximate surface area is 111 Å². The number of benzene rings is 1. The van der Waals surface area contributed by atoms with E-state index in [0.29, 0.717) is 12.0 Å². The van der Waals surface area contributed by atoms with Gasteiger partial charge in [-0.2, -0.15) is 0 Å². The zero-order chi connectivity index (χ0) is 13.8. The van der Waals surface area contributed by atoms with E-state index in [9.17, 15) is 9.50 Å². The van der Waals surface area contributed by atoms with E-state index in [1.165, 1.54) is 13.2 Å². The van der Waals surface area contributed by atoms with E-state index in [1.54, 1.807) is 24.5 Å². The van der Waals surface area contributed by atoms with E-state index < -0.39 is 11.9 Å². The lowest BCUT2D eigenvalue weighted by Crippen LogP contribution is -2.05. The Hall–Kier alpha value is -1.94. The molecule has 0 radical (unpaired) electrons. The molecule has 0 amide bonds. The third-order valence-electron chi connectivity index (χ3n) is 3.08. The minimum Gasteiger partial charge on any atom is -0.494 e. The van der Waals surface area contributed by atoms with Crippen molar-refractivity contribution in [2.75, 3.05) is 7.11 Å². The third kappa shape index (κ3) is 3.09. The summed E-state index contributed by atoms with van der Waals surface area (Å²) in [5.74, 6) is -0.217. The van der Waals surface area contributed by atoms with Crippen molar-refractivity contribution in [1.29, 1.82) is 0 Å². The molecule has 3 nitrogen and oxygen atoms in total. The van der Waals surface area contributed by atoms with Gasteiger partial charge in [-0.05, 0) is 36.2 Å².